The second kappa shape index (κ2) is 3.59. The molecule has 1 aliphatic carbocycles. The second-order valence-corrected chi connectivity index (χ2v) is 4.78. The molecule has 0 spiro atoms. The lowest BCUT2D eigenvalue weighted by atomic mass is 10.0. The standard InChI is InChI=1S/C11H18N4/c12-9-5-3-4-8(9)11-14-13-10-6-1-2-7-15(10)11/h8-9H,1-7,12H2. The van der Waals surface area contributed by atoms with Gasteiger partial charge in [-0.1, -0.05) is 6.42 Å². The van der Waals surface area contributed by atoms with Gasteiger partial charge in [0.15, 0.2) is 0 Å². The van der Waals surface area contributed by atoms with E-state index in [0.29, 0.717) is 12.0 Å². The van der Waals surface area contributed by atoms with E-state index < -0.39 is 0 Å². The first-order valence-electron chi connectivity index (χ1n) is 6.04. The third-order valence-corrected chi connectivity index (χ3v) is 3.79. The van der Waals surface area contributed by atoms with Gasteiger partial charge in [-0.05, 0) is 25.7 Å². The highest BCUT2D eigenvalue weighted by molar-refractivity contribution is 5.09. The van der Waals surface area contributed by atoms with Crippen molar-refractivity contribution in [3.8, 4) is 0 Å². The highest BCUT2D eigenvalue weighted by atomic mass is 15.3. The number of nitrogens with two attached hydrogens (primary N) is 1. The fraction of sp³-hybridized carbons (Fsp3) is 0.818. The van der Waals surface area contributed by atoms with Crippen LogP contribution in [-0.4, -0.2) is 20.8 Å². The van der Waals surface area contributed by atoms with Crippen LogP contribution < -0.4 is 5.73 Å². The van der Waals surface area contributed by atoms with Gasteiger partial charge in [0.05, 0.1) is 0 Å². The molecule has 0 bridgehead atoms. The molecule has 0 saturated heterocycles. The molecular formula is C11H18N4. The lowest BCUT2D eigenvalue weighted by Gasteiger charge is -2.19. The monoisotopic (exact) mass is 206 g/mol. The van der Waals surface area contributed by atoms with E-state index in [1.165, 1.54) is 31.5 Å². The third-order valence-electron chi connectivity index (χ3n) is 3.79. The van der Waals surface area contributed by atoms with Gasteiger partial charge in [0.2, 0.25) is 0 Å². The normalized spacial score (nSPS) is 30.5. The van der Waals surface area contributed by atoms with Crippen LogP contribution in [0.4, 0.5) is 0 Å². The Kier molecular flexibility index (Phi) is 2.24. The van der Waals surface area contributed by atoms with Crippen LogP contribution in [0.1, 0.15) is 49.7 Å². The predicted octanol–water partition coefficient (Wildman–Crippen LogP) is 1.21. The molecule has 0 amide bonds. The van der Waals surface area contributed by atoms with E-state index in [0.717, 1.165) is 25.2 Å². The van der Waals surface area contributed by atoms with Crippen LogP contribution in [0.15, 0.2) is 0 Å². The van der Waals surface area contributed by atoms with Crippen LogP contribution in [0.2, 0.25) is 0 Å². The molecule has 1 aromatic rings. The van der Waals surface area contributed by atoms with Crippen LogP contribution in [0.5, 0.6) is 0 Å². The lowest BCUT2D eigenvalue weighted by Crippen LogP contribution is -2.26. The van der Waals surface area contributed by atoms with Crippen molar-refractivity contribution in [2.24, 2.45) is 5.73 Å². The number of rotatable bonds is 1. The van der Waals surface area contributed by atoms with Crippen molar-refractivity contribution >= 4 is 0 Å². The van der Waals surface area contributed by atoms with Crippen molar-refractivity contribution in [3.05, 3.63) is 11.6 Å². The van der Waals surface area contributed by atoms with Crippen molar-refractivity contribution in [1.82, 2.24) is 14.8 Å². The molecule has 1 aliphatic heterocycles. The molecule has 15 heavy (non-hydrogen) atoms. The van der Waals surface area contributed by atoms with Gasteiger partial charge in [0, 0.05) is 24.9 Å². The average Bonchev–Trinajstić information content (AvgIpc) is 2.83. The minimum absolute atomic E-state index is 0.306. The van der Waals surface area contributed by atoms with E-state index in [9.17, 15) is 0 Å². The maximum Gasteiger partial charge on any atom is 0.137 e. The SMILES string of the molecule is NC1CCCC1c1nnc2n1CCCC2. The molecular weight excluding hydrogens is 188 g/mol. The zero-order chi connectivity index (χ0) is 10.3. The first-order chi connectivity index (χ1) is 7.36. The van der Waals surface area contributed by atoms with Crippen molar-refractivity contribution in [3.63, 3.8) is 0 Å². The Labute approximate surface area is 89.9 Å². The summed E-state index contributed by atoms with van der Waals surface area (Å²) >= 11 is 0. The maximum absolute atomic E-state index is 6.12. The average molecular weight is 206 g/mol. The van der Waals surface area contributed by atoms with Crippen LogP contribution in [0, 0.1) is 0 Å². The Morgan fingerprint density at radius 3 is 2.87 bits per heavy atom. The highest BCUT2D eigenvalue weighted by Gasteiger charge is 2.31. The van der Waals surface area contributed by atoms with Crippen molar-refractivity contribution in [1.29, 1.82) is 0 Å². The zero-order valence-electron chi connectivity index (χ0n) is 9.02. The lowest BCUT2D eigenvalue weighted by molar-refractivity contribution is 0.476. The first kappa shape index (κ1) is 9.33. The zero-order valence-corrected chi connectivity index (χ0v) is 9.02. The number of hydrogen-bond acceptors (Lipinski definition) is 3. The minimum Gasteiger partial charge on any atom is -0.327 e. The Morgan fingerprint density at radius 2 is 2.07 bits per heavy atom. The van der Waals surface area contributed by atoms with E-state index in [1.54, 1.807) is 0 Å². The summed E-state index contributed by atoms with van der Waals surface area (Å²) in [5, 5.41) is 8.66. The molecule has 0 aromatic carbocycles. The van der Waals surface area contributed by atoms with Gasteiger partial charge in [0.1, 0.15) is 11.6 Å². The molecule has 1 saturated carbocycles. The van der Waals surface area contributed by atoms with Crippen LogP contribution >= 0.6 is 0 Å². The number of nitrogens with zero attached hydrogens (tertiary/aromatic N) is 3. The summed E-state index contributed by atoms with van der Waals surface area (Å²) < 4.78 is 2.32. The van der Waals surface area contributed by atoms with E-state index >= 15 is 0 Å². The van der Waals surface area contributed by atoms with Gasteiger partial charge in [-0.2, -0.15) is 0 Å². The number of fused-ring (bicyclic) bond motifs is 1. The summed E-state index contributed by atoms with van der Waals surface area (Å²) in [6.45, 7) is 1.10. The van der Waals surface area contributed by atoms with Gasteiger partial charge in [0.25, 0.3) is 0 Å². The smallest absolute Gasteiger partial charge is 0.137 e. The van der Waals surface area contributed by atoms with Crippen molar-refractivity contribution < 1.29 is 0 Å². The maximum atomic E-state index is 6.12. The fourth-order valence-electron chi connectivity index (χ4n) is 2.91. The number of aryl methyl sites for hydroxylation is 1. The molecule has 2 unspecified atom stereocenters. The molecule has 4 nitrogen and oxygen atoms in total. The topological polar surface area (TPSA) is 56.7 Å². The van der Waals surface area contributed by atoms with Crippen LogP contribution in [-0.2, 0) is 13.0 Å². The summed E-state index contributed by atoms with van der Waals surface area (Å²) in [5.41, 5.74) is 6.12. The van der Waals surface area contributed by atoms with E-state index in [-0.39, 0.29) is 0 Å². The van der Waals surface area contributed by atoms with E-state index in [1.807, 2.05) is 0 Å². The Bertz CT molecular complexity index is 357. The van der Waals surface area contributed by atoms with E-state index in [2.05, 4.69) is 14.8 Å². The van der Waals surface area contributed by atoms with E-state index in [4.69, 9.17) is 5.73 Å². The quantitative estimate of drug-likeness (QED) is 0.751. The molecule has 1 aromatic heterocycles. The first-order valence-corrected chi connectivity index (χ1v) is 6.04. The Morgan fingerprint density at radius 1 is 1.13 bits per heavy atom. The Balaban J connectivity index is 1.94. The third kappa shape index (κ3) is 1.47. The predicted molar refractivity (Wildman–Crippen MR) is 57.5 cm³/mol. The molecule has 82 valence electrons. The fourth-order valence-corrected chi connectivity index (χ4v) is 2.91. The summed E-state index contributed by atoms with van der Waals surface area (Å²) in [6, 6.07) is 0.306. The summed E-state index contributed by atoms with van der Waals surface area (Å²) in [4.78, 5) is 0. The highest BCUT2D eigenvalue weighted by Crippen LogP contribution is 2.33. The van der Waals surface area contributed by atoms with Gasteiger partial charge < -0.3 is 10.3 Å². The number of hydrogen-bond donors (Lipinski definition) is 1. The Hall–Kier alpha value is -0.900. The molecule has 2 atom stereocenters. The number of aromatic nitrogens is 3. The molecule has 2 N–H and O–H groups in total. The van der Waals surface area contributed by atoms with Crippen LogP contribution in [0.25, 0.3) is 0 Å². The second-order valence-electron chi connectivity index (χ2n) is 4.78. The van der Waals surface area contributed by atoms with Gasteiger partial charge in [-0.25, -0.2) is 0 Å². The van der Waals surface area contributed by atoms with Crippen molar-refractivity contribution in [2.45, 2.75) is 57.0 Å². The van der Waals surface area contributed by atoms with Gasteiger partial charge in [-0.3, -0.25) is 0 Å². The van der Waals surface area contributed by atoms with Crippen molar-refractivity contribution in [2.75, 3.05) is 0 Å². The molecule has 0 radical (unpaired) electrons. The summed E-state index contributed by atoms with van der Waals surface area (Å²) in [7, 11) is 0. The van der Waals surface area contributed by atoms with Crippen LogP contribution in [0.3, 0.4) is 0 Å². The largest absolute Gasteiger partial charge is 0.327 e. The summed E-state index contributed by atoms with van der Waals surface area (Å²) in [5.74, 6) is 2.80. The molecule has 1 fully saturated rings. The van der Waals surface area contributed by atoms with Gasteiger partial charge in [-0.15, -0.1) is 10.2 Å². The minimum atomic E-state index is 0.306. The molecule has 2 heterocycles. The summed E-state index contributed by atoms with van der Waals surface area (Å²) in [6.07, 6.45) is 7.20. The van der Waals surface area contributed by atoms with Gasteiger partial charge >= 0.3 is 0 Å². The molecule has 2 aliphatic rings. The molecule has 3 rings (SSSR count). The molecule has 4 heteroatoms.